The van der Waals surface area contributed by atoms with E-state index in [1.54, 1.807) is 48.5 Å². The average molecular weight is 506 g/mol. The highest BCUT2D eigenvalue weighted by Crippen LogP contribution is 2.38. The number of likely N-dealkylation sites (tertiary alicyclic amines) is 1. The third kappa shape index (κ3) is 4.70. The van der Waals surface area contributed by atoms with Gasteiger partial charge in [0.25, 0.3) is 5.91 Å². The van der Waals surface area contributed by atoms with Crippen molar-refractivity contribution in [2.24, 2.45) is 0 Å². The van der Waals surface area contributed by atoms with Crippen molar-refractivity contribution in [1.82, 2.24) is 4.90 Å². The summed E-state index contributed by atoms with van der Waals surface area (Å²) in [7, 11) is 0. The lowest BCUT2D eigenvalue weighted by atomic mass is 9.95. The van der Waals surface area contributed by atoms with Gasteiger partial charge in [-0.2, -0.15) is 0 Å². The monoisotopic (exact) mass is 504 g/mol. The number of ketones is 1. The molecular formula is C23H22BrClN2O4. The fourth-order valence-electron chi connectivity index (χ4n) is 4.04. The number of hydrogen-bond donors (Lipinski definition) is 1. The molecule has 0 aliphatic carbocycles. The maximum atomic E-state index is 13.3. The maximum absolute atomic E-state index is 13.3. The molecule has 1 unspecified atom stereocenters. The molecule has 1 atom stereocenters. The second-order valence-corrected chi connectivity index (χ2v) is 9.00. The van der Waals surface area contributed by atoms with Crippen LogP contribution in [0.2, 0.25) is 5.02 Å². The number of nitrogens with one attached hydrogen (secondary N) is 1. The first kappa shape index (κ1) is 22.0. The minimum absolute atomic E-state index is 0.00776. The second-order valence-electron chi connectivity index (χ2n) is 7.64. The lowest BCUT2D eigenvalue weighted by Gasteiger charge is -2.30. The topological polar surface area (TPSA) is 74.1 Å². The van der Waals surface area contributed by atoms with Crippen molar-refractivity contribution in [3.8, 4) is 0 Å². The van der Waals surface area contributed by atoms with Gasteiger partial charge in [-0.05, 0) is 35.4 Å². The number of halogens is 2. The van der Waals surface area contributed by atoms with Crippen LogP contribution in [-0.4, -0.2) is 56.0 Å². The zero-order valence-corrected chi connectivity index (χ0v) is 19.1. The van der Waals surface area contributed by atoms with E-state index in [2.05, 4.69) is 15.9 Å². The van der Waals surface area contributed by atoms with Crippen LogP contribution >= 0.6 is 27.5 Å². The van der Waals surface area contributed by atoms with Gasteiger partial charge in [0.15, 0.2) is 0 Å². The number of quaternary nitrogens is 1. The molecule has 0 aromatic heterocycles. The third-order valence-electron chi connectivity index (χ3n) is 5.73. The van der Waals surface area contributed by atoms with Crippen LogP contribution in [0.5, 0.6) is 0 Å². The van der Waals surface area contributed by atoms with Crippen LogP contribution in [0.15, 0.2) is 58.6 Å². The Balaban J connectivity index is 1.72. The standard InChI is InChI=1S/C23H22BrClN2O4/c24-17-5-1-16(2-6-17)21(28)19-20(15-3-7-18(25)8-4-15)27(23(30)22(19)29)10-9-26-11-13-31-14-12-26/h1-8,20,28H,9-14H2. The third-order valence-corrected chi connectivity index (χ3v) is 6.51. The minimum Gasteiger partial charge on any atom is -0.872 e. The summed E-state index contributed by atoms with van der Waals surface area (Å²) >= 11 is 9.40. The van der Waals surface area contributed by atoms with Gasteiger partial charge >= 0.3 is 0 Å². The fraction of sp³-hybridized carbons (Fsp3) is 0.304. The largest absolute Gasteiger partial charge is 0.872 e. The Morgan fingerprint density at radius 1 is 1.10 bits per heavy atom. The molecule has 2 aliphatic rings. The van der Waals surface area contributed by atoms with Gasteiger partial charge in [0.1, 0.15) is 13.1 Å². The second kappa shape index (κ2) is 9.53. The fourth-order valence-corrected chi connectivity index (χ4v) is 4.43. The molecule has 2 aromatic carbocycles. The van der Waals surface area contributed by atoms with E-state index in [1.807, 2.05) is 0 Å². The number of carbonyl (C=O) groups excluding carboxylic acids is 2. The number of amides is 1. The minimum atomic E-state index is -0.732. The van der Waals surface area contributed by atoms with Crippen molar-refractivity contribution in [3.63, 3.8) is 0 Å². The first-order chi connectivity index (χ1) is 15.0. The van der Waals surface area contributed by atoms with E-state index in [-0.39, 0.29) is 5.57 Å². The van der Waals surface area contributed by atoms with Crippen molar-refractivity contribution < 1.29 is 24.3 Å². The lowest BCUT2D eigenvalue weighted by Crippen LogP contribution is -3.14. The first-order valence-electron chi connectivity index (χ1n) is 10.1. The number of hydrogen-bond acceptors (Lipinski definition) is 4. The Kier molecular flexibility index (Phi) is 6.77. The number of ether oxygens (including phenoxy) is 1. The highest BCUT2D eigenvalue weighted by Gasteiger charge is 2.44. The van der Waals surface area contributed by atoms with E-state index in [1.165, 1.54) is 9.80 Å². The predicted octanol–water partition coefficient (Wildman–Crippen LogP) is 1.24. The molecule has 31 heavy (non-hydrogen) atoms. The Morgan fingerprint density at radius 2 is 1.74 bits per heavy atom. The smallest absolute Gasteiger partial charge is 0.295 e. The van der Waals surface area contributed by atoms with Gasteiger partial charge in [-0.1, -0.05) is 57.6 Å². The van der Waals surface area contributed by atoms with Crippen molar-refractivity contribution >= 4 is 45.0 Å². The normalized spacial score (nSPS) is 21.6. The Hall–Kier alpha value is -2.19. The SMILES string of the molecule is O=C1C(=O)N(CC[NH+]2CCOCC2)C(c2ccc(Cl)cc2)C1=C([O-])c1ccc(Br)cc1. The molecule has 8 heteroatoms. The molecule has 2 fully saturated rings. The molecule has 2 saturated heterocycles. The molecule has 0 saturated carbocycles. The molecule has 162 valence electrons. The highest BCUT2D eigenvalue weighted by atomic mass is 79.9. The number of nitrogens with zero attached hydrogens (tertiary/aromatic N) is 1. The summed E-state index contributed by atoms with van der Waals surface area (Å²) in [5, 5.41) is 13.9. The zero-order valence-electron chi connectivity index (χ0n) is 16.8. The molecule has 2 aliphatic heterocycles. The summed E-state index contributed by atoms with van der Waals surface area (Å²) in [6.45, 7) is 4.15. The van der Waals surface area contributed by atoms with Crippen molar-refractivity contribution in [2.45, 2.75) is 6.04 Å². The average Bonchev–Trinajstić information content (AvgIpc) is 3.04. The molecule has 2 aromatic rings. The van der Waals surface area contributed by atoms with Crippen LogP contribution < -0.4 is 10.0 Å². The number of carbonyl (C=O) groups is 2. The van der Waals surface area contributed by atoms with Crippen molar-refractivity contribution in [1.29, 1.82) is 0 Å². The number of benzene rings is 2. The number of Topliss-reactive ketones (excluding diaryl/α,β-unsaturated/α-hetero) is 1. The summed E-state index contributed by atoms with van der Waals surface area (Å²) in [5.74, 6) is -1.79. The molecule has 0 bridgehead atoms. The summed E-state index contributed by atoms with van der Waals surface area (Å²) in [6, 6.07) is 13.0. The molecule has 6 nitrogen and oxygen atoms in total. The van der Waals surface area contributed by atoms with Gasteiger partial charge in [0, 0.05) is 15.1 Å². The molecule has 0 radical (unpaired) electrons. The van der Waals surface area contributed by atoms with Crippen LogP contribution in [0.1, 0.15) is 17.2 Å². The van der Waals surface area contributed by atoms with Crippen molar-refractivity contribution in [3.05, 3.63) is 74.7 Å². The number of rotatable bonds is 5. The van der Waals surface area contributed by atoms with E-state index in [9.17, 15) is 14.7 Å². The quantitative estimate of drug-likeness (QED) is 0.377. The van der Waals surface area contributed by atoms with Crippen LogP contribution in [0, 0.1) is 0 Å². The van der Waals surface area contributed by atoms with Gasteiger partial charge < -0.3 is 19.6 Å². The van der Waals surface area contributed by atoms with E-state index in [0.717, 1.165) is 17.6 Å². The van der Waals surface area contributed by atoms with Crippen LogP contribution in [-0.2, 0) is 14.3 Å². The summed E-state index contributed by atoms with van der Waals surface area (Å²) in [4.78, 5) is 28.8. The molecular weight excluding hydrogens is 484 g/mol. The molecule has 4 rings (SSSR count). The van der Waals surface area contributed by atoms with Gasteiger partial charge in [-0.3, -0.25) is 9.59 Å². The van der Waals surface area contributed by atoms with E-state index in [0.29, 0.717) is 42.5 Å². The van der Waals surface area contributed by atoms with Gasteiger partial charge in [0.05, 0.1) is 32.3 Å². The highest BCUT2D eigenvalue weighted by molar-refractivity contribution is 9.10. The van der Waals surface area contributed by atoms with E-state index >= 15 is 0 Å². The van der Waals surface area contributed by atoms with Crippen LogP contribution in [0.3, 0.4) is 0 Å². The molecule has 2 heterocycles. The Morgan fingerprint density at radius 3 is 2.39 bits per heavy atom. The zero-order chi connectivity index (χ0) is 22.0. The van der Waals surface area contributed by atoms with Crippen LogP contribution in [0.25, 0.3) is 5.76 Å². The number of morpholine rings is 1. The molecule has 1 amide bonds. The summed E-state index contributed by atoms with van der Waals surface area (Å²) < 4.78 is 6.22. The molecule has 0 spiro atoms. The molecule has 1 N–H and O–H groups in total. The first-order valence-corrected chi connectivity index (χ1v) is 11.3. The Bertz CT molecular complexity index is 1000. The lowest BCUT2D eigenvalue weighted by molar-refractivity contribution is -0.907. The van der Waals surface area contributed by atoms with E-state index in [4.69, 9.17) is 16.3 Å². The predicted molar refractivity (Wildman–Crippen MR) is 118 cm³/mol. The van der Waals surface area contributed by atoms with Crippen molar-refractivity contribution in [2.75, 3.05) is 39.4 Å². The van der Waals surface area contributed by atoms with Gasteiger partial charge in [-0.25, -0.2) is 0 Å². The maximum Gasteiger partial charge on any atom is 0.295 e. The Labute approximate surface area is 194 Å². The van der Waals surface area contributed by atoms with Gasteiger partial charge in [0.2, 0.25) is 5.78 Å². The van der Waals surface area contributed by atoms with Crippen LogP contribution in [0.4, 0.5) is 0 Å². The van der Waals surface area contributed by atoms with E-state index < -0.39 is 23.5 Å². The van der Waals surface area contributed by atoms with Gasteiger partial charge in [-0.15, -0.1) is 0 Å². The summed E-state index contributed by atoms with van der Waals surface area (Å²) in [6.07, 6.45) is 0. The summed E-state index contributed by atoms with van der Waals surface area (Å²) in [5.41, 5.74) is 1.06.